The molecule has 15 heavy (non-hydrogen) atoms. The zero-order chi connectivity index (χ0) is 11.0. The molecule has 1 aromatic carbocycles. The van der Waals surface area contributed by atoms with Crippen LogP contribution in [0.3, 0.4) is 0 Å². The second kappa shape index (κ2) is 3.56. The van der Waals surface area contributed by atoms with E-state index in [9.17, 15) is 4.39 Å². The quantitative estimate of drug-likeness (QED) is 0.656. The molecule has 1 aromatic heterocycles. The Labute approximate surface area is 85.6 Å². The highest BCUT2D eigenvalue weighted by Gasteiger charge is 2.21. The Kier molecular flexibility index (Phi) is 2.38. The molecule has 0 saturated heterocycles. The van der Waals surface area contributed by atoms with Gasteiger partial charge in [0.1, 0.15) is 12.9 Å². The molecule has 78 valence electrons. The number of hydrogen-bond acceptors (Lipinski definition) is 3. The van der Waals surface area contributed by atoms with Crippen molar-refractivity contribution in [1.82, 2.24) is 4.73 Å². The average Bonchev–Trinajstić information content (AvgIpc) is 2.57. The van der Waals surface area contributed by atoms with Crippen LogP contribution in [0.15, 0.2) is 24.3 Å². The minimum Gasteiger partial charge on any atom is -0.422 e. The Bertz CT molecular complexity index is 497. The highest BCUT2D eigenvalue weighted by atomic mass is 19.1. The summed E-state index contributed by atoms with van der Waals surface area (Å²) in [4.78, 5) is 4.94. The van der Waals surface area contributed by atoms with E-state index >= 15 is 0 Å². The minimum atomic E-state index is -1.70. The van der Waals surface area contributed by atoms with Gasteiger partial charge in [0.25, 0.3) is 0 Å². The summed E-state index contributed by atoms with van der Waals surface area (Å²) >= 11 is 0. The van der Waals surface area contributed by atoms with Gasteiger partial charge in [-0.05, 0) is 18.2 Å². The van der Waals surface area contributed by atoms with Crippen molar-refractivity contribution in [3.05, 3.63) is 30.1 Å². The molecule has 4 nitrogen and oxygen atoms in total. The molecule has 6 heteroatoms. The van der Waals surface area contributed by atoms with Gasteiger partial charge in [-0.15, -0.1) is 0 Å². The summed E-state index contributed by atoms with van der Waals surface area (Å²) in [6.45, 7) is 0. The number of aromatic nitrogens is 1. The van der Waals surface area contributed by atoms with E-state index in [2.05, 4.69) is 0 Å². The molecule has 0 atom stereocenters. The van der Waals surface area contributed by atoms with Crippen LogP contribution >= 0.6 is 0 Å². The number of rotatable bonds is 2. The van der Waals surface area contributed by atoms with E-state index in [1.165, 1.54) is 30.0 Å². The third kappa shape index (κ3) is 1.47. The molecule has 0 aliphatic carbocycles. The van der Waals surface area contributed by atoms with Gasteiger partial charge in [0.15, 0.2) is 0 Å². The number of benzene rings is 1. The first-order valence-electron chi connectivity index (χ1n) is 4.35. The Balaban J connectivity index is 2.78. The standard InChI is InChI=1S/C9H9BFNO3/c1-15-12-8-4-2-3-7(11)6(8)5-9(12)10(13)14/h2-5,13-14H,1H3. The van der Waals surface area contributed by atoms with Crippen molar-refractivity contribution in [2.45, 2.75) is 0 Å². The van der Waals surface area contributed by atoms with Crippen molar-refractivity contribution in [2.75, 3.05) is 7.11 Å². The van der Waals surface area contributed by atoms with Gasteiger partial charge in [-0.1, -0.05) is 6.07 Å². The number of nitrogens with zero attached hydrogens (tertiary/aromatic N) is 1. The molecule has 0 bridgehead atoms. The van der Waals surface area contributed by atoms with Crippen LogP contribution in [-0.2, 0) is 0 Å². The molecule has 2 N–H and O–H groups in total. The van der Waals surface area contributed by atoms with Crippen molar-refractivity contribution in [2.24, 2.45) is 0 Å². The van der Waals surface area contributed by atoms with E-state index < -0.39 is 12.9 Å². The van der Waals surface area contributed by atoms with E-state index in [4.69, 9.17) is 14.9 Å². The highest BCUT2D eigenvalue weighted by Crippen LogP contribution is 2.16. The van der Waals surface area contributed by atoms with Crippen LogP contribution in [-0.4, -0.2) is 29.0 Å². The second-order valence-electron chi connectivity index (χ2n) is 3.09. The Morgan fingerprint density at radius 2 is 2.13 bits per heavy atom. The van der Waals surface area contributed by atoms with Crippen molar-refractivity contribution in [3.63, 3.8) is 0 Å². The van der Waals surface area contributed by atoms with Crippen molar-refractivity contribution in [3.8, 4) is 0 Å². The lowest BCUT2D eigenvalue weighted by atomic mass is 9.86. The maximum atomic E-state index is 13.3. The molecule has 0 amide bonds. The minimum absolute atomic E-state index is 0.0950. The summed E-state index contributed by atoms with van der Waals surface area (Å²) in [6, 6.07) is 5.81. The van der Waals surface area contributed by atoms with Crippen LogP contribution < -0.4 is 10.4 Å². The Hall–Kier alpha value is -1.53. The van der Waals surface area contributed by atoms with Gasteiger partial charge in [0.05, 0.1) is 11.1 Å². The molecule has 2 aromatic rings. The molecule has 0 aliphatic heterocycles. The summed E-state index contributed by atoms with van der Waals surface area (Å²) in [5.74, 6) is -0.426. The normalized spacial score (nSPS) is 10.7. The first kappa shape index (κ1) is 10.0. The first-order chi connectivity index (χ1) is 7.15. The maximum absolute atomic E-state index is 13.3. The fraction of sp³-hybridized carbons (Fsp3) is 0.111. The summed E-state index contributed by atoms with van der Waals surface area (Å²) in [6.07, 6.45) is 0. The van der Waals surface area contributed by atoms with Crippen LogP contribution in [0.5, 0.6) is 0 Å². The molecule has 0 saturated carbocycles. The molecular weight excluding hydrogens is 200 g/mol. The zero-order valence-corrected chi connectivity index (χ0v) is 8.01. The molecule has 2 rings (SSSR count). The highest BCUT2D eigenvalue weighted by molar-refractivity contribution is 6.58. The molecule has 1 heterocycles. The van der Waals surface area contributed by atoms with Crippen molar-refractivity contribution >= 4 is 23.6 Å². The van der Waals surface area contributed by atoms with E-state index in [-0.39, 0.29) is 5.59 Å². The van der Waals surface area contributed by atoms with Gasteiger partial charge >= 0.3 is 7.12 Å². The van der Waals surface area contributed by atoms with E-state index in [1.54, 1.807) is 6.07 Å². The van der Waals surface area contributed by atoms with Crippen molar-refractivity contribution in [1.29, 1.82) is 0 Å². The van der Waals surface area contributed by atoms with Gasteiger partial charge in [-0.3, -0.25) is 0 Å². The van der Waals surface area contributed by atoms with Crippen LogP contribution in [0.2, 0.25) is 0 Å². The maximum Gasteiger partial charge on any atom is 0.509 e. The van der Waals surface area contributed by atoms with Crippen LogP contribution in [0.1, 0.15) is 0 Å². The monoisotopic (exact) mass is 209 g/mol. The number of hydrogen-bond donors (Lipinski definition) is 2. The van der Waals surface area contributed by atoms with Crippen LogP contribution in [0, 0.1) is 5.82 Å². The summed E-state index contributed by atoms with van der Waals surface area (Å²) < 4.78 is 14.5. The van der Waals surface area contributed by atoms with Gasteiger partial charge in [0, 0.05) is 5.39 Å². The SMILES string of the molecule is COn1c(B(O)O)cc2c(F)cccc21. The van der Waals surface area contributed by atoms with Crippen molar-refractivity contribution < 1.29 is 19.3 Å². The molecular formula is C9H9BFNO3. The predicted octanol–water partition coefficient (Wildman–Crippen LogP) is -0.481. The smallest absolute Gasteiger partial charge is 0.422 e. The fourth-order valence-electron chi connectivity index (χ4n) is 1.57. The third-order valence-corrected chi connectivity index (χ3v) is 2.22. The van der Waals surface area contributed by atoms with E-state index in [1.807, 2.05) is 0 Å². The molecule has 0 aliphatic rings. The molecule has 0 radical (unpaired) electrons. The third-order valence-electron chi connectivity index (χ3n) is 2.22. The Morgan fingerprint density at radius 3 is 2.73 bits per heavy atom. The summed E-state index contributed by atoms with van der Waals surface area (Å²) in [5, 5.41) is 18.4. The number of halogens is 1. The first-order valence-corrected chi connectivity index (χ1v) is 4.35. The lowest BCUT2D eigenvalue weighted by molar-refractivity contribution is 0.184. The molecule has 0 unspecified atom stereocenters. The lowest BCUT2D eigenvalue weighted by Gasteiger charge is -2.06. The molecule has 0 fully saturated rings. The van der Waals surface area contributed by atoms with Crippen LogP contribution in [0.4, 0.5) is 4.39 Å². The largest absolute Gasteiger partial charge is 0.509 e. The van der Waals surface area contributed by atoms with E-state index in [0.717, 1.165) is 0 Å². The van der Waals surface area contributed by atoms with Crippen LogP contribution in [0.25, 0.3) is 10.9 Å². The zero-order valence-electron chi connectivity index (χ0n) is 8.01. The average molecular weight is 209 g/mol. The van der Waals surface area contributed by atoms with Gasteiger partial charge in [0.2, 0.25) is 0 Å². The predicted molar refractivity (Wildman–Crippen MR) is 54.2 cm³/mol. The number of fused-ring (bicyclic) bond motifs is 1. The molecule has 0 spiro atoms. The lowest BCUT2D eigenvalue weighted by Crippen LogP contribution is -2.38. The topological polar surface area (TPSA) is 54.6 Å². The second-order valence-corrected chi connectivity index (χ2v) is 3.09. The van der Waals surface area contributed by atoms with Gasteiger partial charge in [-0.25, -0.2) is 4.39 Å². The van der Waals surface area contributed by atoms with Gasteiger partial charge < -0.3 is 14.9 Å². The van der Waals surface area contributed by atoms with Gasteiger partial charge in [-0.2, -0.15) is 4.73 Å². The fourth-order valence-corrected chi connectivity index (χ4v) is 1.57. The van der Waals surface area contributed by atoms with E-state index in [0.29, 0.717) is 10.9 Å². The Morgan fingerprint density at radius 1 is 1.40 bits per heavy atom. The summed E-state index contributed by atoms with van der Waals surface area (Å²) in [5.41, 5.74) is 0.554. The summed E-state index contributed by atoms with van der Waals surface area (Å²) in [7, 11) is -0.326.